The van der Waals surface area contributed by atoms with Crippen LogP contribution in [0, 0.1) is 6.92 Å². The first-order valence-electron chi connectivity index (χ1n) is 7.30. The number of carbonyl (C=O) groups excluding carboxylic acids is 1. The second-order valence-corrected chi connectivity index (χ2v) is 8.01. The van der Waals surface area contributed by atoms with Crippen molar-refractivity contribution in [3.05, 3.63) is 28.8 Å². The van der Waals surface area contributed by atoms with Crippen LogP contribution in [0.4, 0.5) is 10.8 Å². The van der Waals surface area contributed by atoms with Gasteiger partial charge in [0.05, 0.1) is 5.25 Å². The van der Waals surface area contributed by atoms with Crippen molar-refractivity contribution in [3.8, 4) is 0 Å². The molecule has 124 valence electrons. The first kappa shape index (κ1) is 18.0. The molecule has 0 spiro atoms. The van der Waals surface area contributed by atoms with E-state index in [4.69, 9.17) is 11.6 Å². The molecule has 1 aromatic heterocycles. The number of aromatic nitrogens is 2. The van der Waals surface area contributed by atoms with Gasteiger partial charge in [-0.2, -0.15) is 0 Å². The predicted octanol–water partition coefficient (Wildman–Crippen LogP) is 4.44. The monoisotopic (exact) mass is 370 g/mol. The van der Waals surface area contributed by atoms with Crippen LogP contribution in [0.3, 0.4) is 0 Å². The van der Waals surface area contributed by atoms with E-state index in [0.717, 1.165) is 33.7 Å². The second-order valence-electron chi connectivity index (χ2n) is 5.01. The molecular weight excluding hydrogens is 352 g/mol. The molecule has 1 atom stereocenters. The molecule has 0 bridgehead atoms. The number of benzene rings is 1. The first-order valence-corrected chi connectivity index (χ1v) is 9.38. The number of nitrogens with one attached hydrogen (secondary N) is 2. The highest BCUT2D eigenvalue weighted by molar-refractivity contribution is 8.02. The van der Waals surface area contributed by atoms with Gasteiger partial charge in [-0.3, -0.25) is 4.79 Å². The number of hydrogen-bond acceptors (Lipinski definition) is 6. The molecule has 1 heterocycles. The topological polar surface area (TPSA) is 66.9 Å². The summed E-state index contributed by atoms with van der Waals surface area (Å²) in [6.45, 7) is 6.73. The molecule has 0 saturated carbocycles. The Morgan fingerprint density at radius 1 is 1.43 bits per heavy atom. The van der Waals surface area contributed by atoms with Crippen LogP contribution in [0.25, 0.3) is 0 Å². The first-order chi connectivity index (χ1) is 11.0. The number of aryl methyl sites for hydroxylation is 1. The third-order valence-corrected chi connectivity index (χ3v) is 5.34. The molecule has 2 aromatic rings. The summed E-state index contributed by atoms with van der Waals surface area (Å²) in [7, 11) is 0. The molecule has 0 unspecified atom stereocenters. The van der Waals surface area contributed by atoms with Crippen molar-refractivity contribution in [1.82, 2.24) is 10.2 Å². The maximum atomic E-state index is 12.3. The average molecular weight is 371 g/mol. The predicted molar refractivity (Wildman–Crippen MR) is 98.8 cm³/mol. The molecule has 0 aliphatic rings. The lowest BCUT2D eigenvalue weighted by Crippen LogP contribution is -2.22. The number of carbonyl (C=O) groups is 1. The summed E-state index contributed by atoms with van der Waals surface area (Å²) in [4.78, 5) is 12.3. The highest BCUT2D eigenvalue weighted by Crippen LogP contribution is 2.30. The Labute approximate surface area is 149 Å². The zero-order valence-corrected chi connectivity index (χ0v) is 15.6. The smallest absolute Gasteiger partial charge is 0.237 e. The van der Waals surface area contributed by atoms with E-state index in [0.29, 0.717) is 5.02 Å². The second kappa shape index (κ2) is 8.52. The largest absolute Gasteiger partial charge is 0.360 e. The molecule has 5 nitrogen and oxygen atoms in total. The number of anilines is 2. The number of halogens is 1. The van der Waals surface area contributed by atoms with E-state index in [9.17, 15) is 4.79 Å². The number of rotatable bonds is 7. The molecule has 1 amide bonds. The molecule has 23 heavy (non-hydrogen) atoms. The minimum Gasteiger partial charge on any atom is -0.360 e. The molecule has 0 aliphatic heterocycles. The van der Waals surface area contributed by atoms with Crippen LogP contribution >= 0.6 is 34.7 Å². The quantitative estimate of drug-likeness (QED) is 0.705. The van der Waals surface area contributed by atoms with E-state index in [1.165, 1.54) is 23.1 Å². The van der Waals surface area contributed by atoms with Gasteiger partial charge in [-0.05, 0) is 38.0 Å². The summed E-state index contributed by atoms with van der Waals surface area (Å²) >= 11 is 8.83. The van der Waals surface area contributed by atoms with Gasteiger partial charge in [0.1, 0.15) is 0 Å². The normalized spacial score (nSPS) is 12.0. The Kier molecular flexibility index (Phi) is 6.68. The lowest BCUT2D eigenvalue weighted by molar-refractivity contribution is -0.115. The summed E-state index contributed by atoms with van der Waals surface area (Å²) in [5.41, 5.74) is 1.71. The summed E-state index contributed by atoms with van der Waals surface area (Å²) in [5.74, 6) is -0.0846. The Morgan fingerprint density at radius 3 is 2.96 bits per heavy atom. The van der Waals surface area contributed by atoms with Gasteiger partial charge >= 0.3 is 0 Å². The van der Waals surface area contributed by atoms with Crippen LogP contribution in [0.2, 0.25) is 5.02 Å². The van der Waals surface area contributed by atoms with Crippen molar-refractivity contribution in [2.24, 2.45) is 0 Å². The standard InChI is InChI=1S/C15H19ClN4OS2/c1-4-7-17-14-19-20-15(23-14)22-10(3)13(21)18-12-8-11(16)6-5-9(12)2/h5-6,8,10H,4,7H2,1-3H3,(H,17,19)(H,18,21)/t10-/m1/s1. The van der Waals surface area contributed by atoms with Crippen LogP contribution in [-0.4, -0.2) is 27.9 Å². The molecule has 0 saturated heterocycles. The van der Waals surface area contributed by atoms with E-state index in [1.54, 1.807) is 12.1 Å². The molecule has 0 fully saturated rings. The van der Waals surface area contributed by atoms with Gasteiger partial charge in [0.25, 0.3) is 0 Å². The summed E-state index contributed by atoms with van der Waals surface area (Å²) < 4.78 is 0.772. The molecule has 2 N–H and O–H groups in total. The van der Waals surface area contributed by atoms with E-state index < -0.39 is 0 Å². The van der Waals surface area contributed by atoms with Crippen molar-refractivity contribution in [3.63, 3.8) is 0 Å². The molecule has 0 radical (unpaired) electrons. The fraction of sp³-hybridized carbons (Fsp3) is 0.400. The molecule has 8 heteroatoms. The molecule has 1 aromatic carbocycles. The van der Waals surface area contributed by atoms with Gasteiger partial charge in [-0.25, -0.2) is 0 Å². The van der Waals surface area contributed by atoms with Crippen molar-refractivity contribution in [1.29, 1.82) is 0 Å². The number of thioether (sulfide) groups is 1. The fourth-order valence-corrected chi connectivity index (χ4v) is 3.82. The number of amides is 1. The van der Waals surface area contributed by atoms with E-state index >= 15 is 0 Å². The highest BCUT2D eigenvalue weighted by Gasteiger charge is 2.18. The van der Waals surface area contributed by atoms with Gasteiger partial charge in [0, 0.05) is 17.3 Å². The molecule has 2 rings (SSSR count). The Balaban J connectivity index is 1.94. The van der Waals surface area contributed by atoms with Gasteiger partial charge in [0.2, 0.25) is 11.0 Å². The maximum absolute atomic E-state index is 12.3. The third-order valence-electron chi connectivity index (χ3n) is 3.04. The number of nitrogens with zero attached hydrogens (tertiary/aromatic N) is 2. The maximum Gasteiger partial charge on any atom is 0.237 e. The third kappa shape index (κ3) is 5.37. The van der Waals surface area contributed by atoms with Crippen LogP contribution in [0.1, 0.15) is 25.8 Å². The van der Waals surface area contributed by atoms with Gasteiger partial charge in [0.15, 0.2) is 4.34 Å². The van der Waals surface area contributed by atoms with Crippen LogP contribution in [0.15, 0.2) is 22.5 Å². The number of hydrogen-bond donors (Lipinski definition) is 2. The summed E-state index contributed by atoms with van der Waals surface area (Å²) in [6.07, 6.45) is 1.03. The Hall–Kier alpha value is -1.31. The SMILES string of the molecule is CCCNc1nnc(S[C@H](C)C(=O)Nc2cc(Cl)ccc2C)s1. The van der Waals surface area contributed by atoms with E-state index in [2.05, 4.69) is 27.8 Å². The Morgan fingerprint density at radius 2 is 2.22 bits per heavy atom. The van der Waals surface area contributed by atoms with Gasteiger partial charge in [-0.1, -0.05) is 47.7 Å². The summed E-state index contributed by atoms with van der Waals surface area (Å²) in [5, 5.41) is 15.4. The zero-order valence-electron chi connectivity index (χ0n) is 13.2. The highest BCUT2D eigenvalue weighted by atomic mass is 35.5. The summed E-state index contributed by atoms with van der Waals surface area (Å²) in [6, 6.07) is 5.44. The minimum atomic E-state index is -0.277. The van der Waals surface area contributed by atoms with Crippen molar-refractivity contribution in [2.75, 3.05) is 17.2 Å². The van der Waals surface area contributed by atoms with Crippen molar-refractivity contribution >= 4 is 51.4 Å². The van der Waals surface area contributed by atoms with Gasteiger partial charge < -0.3 is 10.6 Å². The minimum absolute atomic E-state index is 0.0846. The van der Waals surface area contributed by atoms with Crippen molar-refractivity contribution < 1.29 is 4.79 Å². The average Bonchev–Trinajstić information content (AvgIpc) is 2.96. The molecular formula is C15H19ClN4OS2. The lowest BCUT2D eigenvalue weighted by atomic mass is 10.2. The Bertz CT molecular complexity index is 677. The van der Waals surface area contributed by atoms with Gasteiger partial charge in [-0.15, -0.1) is 10.2 Å². The van der Waals surface area contributed by atoms with Crippen LogP contribution in [-0.2, 0) is 4.79 Å². The van der Waals surface area contributed by atoms with Crippen LogP contribution < -0.4 is 10.6 Å². The van der Waals surface area contributed by atoms with Crippen molar-refractivity contribution in [2.45, 2.75) is 36.8 Å². The fourth-order valence-electron chi connectivity index (χ4n) is 1.73. The lowest BCUT2D eigenvalue weighted by Gasteiger charge is -2.12. The van der Waals surface area contributed by atoms with E-state index in [1.807, 2.05) is 19.9 Å². The van der Waals surface area contributed by atoms with E-state index in [-0.39, 0.29) is 11.2 Å². The zero-order chi connectivity index (χ0) is 16.8. The van der Waals surface area contributed by atoms with Crippen LogP contribution in [0.5, 0.6) is 0 Å². The molecule has 0 aliphatic carbocycles.